The number of aryl methyl sites for hydroxylation is 2. The molecule has 0 aliphatic heterocycles. The van der Waals surface area contributed by atoms with Crippen molar-refractivity contribution in [2.45, 2.75) is 38.3 Å². The van der Waals surface area contributed by atoms with E-state index in [1.807, 2.05) is 14.0 Å². The zero-order valence-corrected chi connectivity index (χ0v) is 10.8. The molecule has 1 fully saturated rings. The van der Waals surface area contributed by atoms with Gasteiger partial charge in [-0.1, -0.05) is 0 Å². The average molecular weight is 239 g/mol. The quantitative estimate of drug-likeness (QED) is 0.795. The van der Waals surface area contributed by atoms with E-state index in [4.69, 9.17) is 4.74 Å². The number of rotatable bonds is 5. The molecule has 0 atom stereocenters. The molecule has 5 nitrogen and oxygen atoms in total. The summed E-state index contributed by atoms with van der Waals surface area (Å²) in [6.07, 6.45) is 3.28. The van der Waals surface area contributed by atoms with E-state index in [-0.39, 0.29) is 12.1 Å². The van der Waals surface area contributed by atoms with Gasteiger partial charge in [-0.3, -0.25) is 0 Å². The molecular weight excluding hydrogens is 218 g/mol. The van der Waals surface area contributed by atoms with Gasteiger partial charge >= 0.3 is 0 Å². The minimum absolute atomic E-state index is 0.0761. The van der Waals surface area contributed by atoms with Gasteiger partial charge in [-0.25, -0.2) is 4.68 Å². The lowest BCUT2D eigenvalue weighted by Gasteiger charge is -2.41. The second-order valence-corrected chi connectivity index (χ2v) is 4.84. The Hall–Kier alpha value is -1.07. The normalized spacial score (nSPS) is 17.9. The largest absolute Gasteiger partial charge is 0.481 e. The second kappa shape index (κ2) is 4.66. The molecule has 1 aliphatic rings. The summed E-state index contributed by atoms with van der Waals surface area (Å²) in [5, 5.41) is 17.2. The van der Waals surface area contributed by atoms with E-state index in [9.17, 15) is 5.11 Å². The molecule has 0 aromatic carbocycles. The highest BCUT2D eigenvalue weighted by Crippen LogP contribution is 2.32. The maximum atomic E-state index is 9.40. The van der Waals surface area contributed by atoms with Crippen LogP contribution in [0.25, 0.3) is 0 Å². The van der Waals surface area contributed by atoms with Crippen LogP contribution in [0.5, 0.6) is 5.88 Å². The molecule has 0 amide bonds. The van der Waals surface area contributed by atoms with Crippen molar-refractivity contribution in [3.63, 3.8) is 0 Å². The number of aliphatic hydroxyl groups excluding tert-OH is 1. The molecule has 2 rings (SSSR count). The zero-order valence-electron chi connectivity index (χ0n) is 10.8. The lowest BCUT2D eigenvalue weighted by molar-refractivity contribution is 0.0869. The molecule has 0 saturated heterocycles. The third-order valence-corrected chi connectivity index (χ3v) is 3.74. The highest BCUT2D eigenvalue weighted by molar-refractivity contribution is 5.31. The van der Waals surface area contributed by atoms with Crippen LogP contribution in [0.3, 0.4) is 0 Å². The third kappa shape index (κ3) is 2.17. The summed E-state index contributed by atoms with van der Waals surface area (Å²) in [7, 11) is 3.53. The van der Waals surface area contributed by atoms with Crippen molar-refractivity contribution < 1.29 is 9.84 Å². The van der Waals surface area contributed by atoms with Gasteiger partial charge in [0.1, 0.15) is 0 Å². The van der Waals surface area contributed by atoms with Crippen LogP contribution in [0.2, 0.25) is 0 Å². The van der Waals surface area contributed by atoms with Crippen molar-refractivity contribution in [1.29, 1.82) is 0 Å². The van der Waals surface area contributed by atoms with E-state index in [2.05, 4.69) is 10.4 Å². The summed E-state index contributed by atoms with van der Waals surface area (Å²) < 4.78 is 7.09. The van der Waals surface area contributed by atoms with E-state index >= 15 is 0 Å². The van der Waals surface area contributed by atoms with Crippen LogP contribution in [-0.2, 0) is 13.6 Å². The Morgan fingerprint density at radius 1 is 1.53 bits per heavy atom. The van der Waals surface area contributed by atoms with Crippen molar-refractivity contribution in [1.82, 2.24) is 15.1 Å². The first-order chi connectivity index (χ1) is 8.12. The molecule has 1 aromatic rings. The number of nitrogens with one attached hydrogen (secondary N) is 1. The summed E-state index contributed by atoms with van der Waals surface area (Å²) in [4.78, 5) is 0. The summed E-state index contributed by atoms with van der Waals surface area (Å²) in [5.74, 6) is 0.794. The van der Waals surface area contributed by atoms with Crippen LogP contribution in [0.1, 0.15) is 30.5 Å². The fourth-order valence-corrected chi connectivity index (χ4v) is 2.41. The fourth-order valence-electron chi connectivity index (χ4n) is 2.41. The maximum absolute atomic E-state index is 9.40. The van der Waals surface area contributed by atoms with Gasteiger partial charge in [0.05, 0.1) is 25.0 Å². The van der Waals surface area contributed by atoms with Gasteiger partial charge in [0.2, 0.25) is 5.88 Å². The summed E-state index contributed by atoms with van der Waals surface area (Å²) >= 11 is 0. The number of methoxy groups -OCH3 is 1. The molecule has 1 heterocycles. The Bertz CT molecular complexity index is 391. The molecule has 0 bridgehead atoms. The van der Waals surface area contributed by atoms with Crippen LogP contribution in [0, 0.1) is 6.92 Å². The van der Waals surface area contributed by atoms with Crippen LogP contribution >= 0.6 is 0 Å². The number of aliphatic hydroxyl groups is 1. The van der Waals surface area contributed by atoms with Crippen LogP contribution in [-0.4, -0.2) is 34.1 Å². The highest BCUT2D eigenvalue weighted by atomic mass is 16.5. The Labute approximate surface area is 102 Å². The number of nitrogens with zero attached hydrogens (tertiary/aromatic N) is 2. The average Bonchev–Trinajstić information content (AvgIpc) is 2.52. The van der Waals surface area contributed by atoms with E-state index in [0.717, 1.165) is 30.0 Å². The number of hydrogen-bond donors (Lipinski definition) is 2. The van der Waals surface area contributed by atoms with Crippen LogP contribution in [0.4, 0.5) is 0 Å². The monoisotopic (exact) mass is 239 g/mol. The summed E-state index contributed by atoms with van der Waals surface area (Å²) in [5.41, 5.74) is 1.98. The first-order valence-electron chi connectivity index (χ1n) is 6.04. The van der Waals surface area contributed by atoms with Crippen molar-refractivity contribution in [2.75, 3.05) is 13.7 Å². The van der Waals surface area contributed by atoms with Crippen molar-refractivity contribution in [3.8, 4) is 5.88 Å². The molecule has 5 heteroatoms. The Kier molecular flexibility index (Phi) is 3.40. The summed E-state index contributed by atoms with van der Waals surface area (Å²) in [6.45, 7) is 2.88. The van der Waals surface area contributed by atoms with Gasteiger partial charge in [0.15, 0.2) is 0 Å². The molecule has 0 radical (unpaired) electrons. The first-order valence-corrected chi connectivity index (χ1v) is 6.04. The van der Waals surface area contributed by atoms with E-state index in [1.165, 1.54) is 6.42 Å². The third-order valence-electron chi connectivity index (χ3n) is 3.74. The highest BCUT2D eigenvalue weighted by Gasteiger charge is 2.36. The van der Waals surface area contributed by atoms with Crippen molar-refractivity contribution >= 4 is 0 Å². The standard InChI is InChI=1S/C12H21N3O2/c1-9-10(11(17-3)15(2)14-9)7-13-12(8-16)5-4-6-12/h13,16H,4-8H2,1-3H3. The molecule has 1 aromatic heterocycles. The molecule has 96 valence electrons. The van der Waals surface area contributed by atoms with Crippen LogP contribution in [0.15, 0.2) is 0 Å². The maximum Gasteiger partial charge on any atom is 0.216 e. The van der Waals surface area contributed by atoms with Gasteiger partial charge in [0.25, 0.3) is 0 Å². The molecule has 17 heavy (non-hydrogen) atoms. The molecule has 1 aliphatic carbocycles. The molecule has 0 unspecified atom stereocenters. The number of aromatic nitrogens is 2. The predicted molar refractivity (Wildman–Crippen MR) is 65.0 cm³/mol. The first kappa shape index (κ1) is 12.4. The van der Waals surface area contributed by atoms with Gasteiger partial charge in [-0.05, 0) is 26.2 Å². The van der Waals surface area contributed by atoms with E-state index < -0.39 is 0 Å². The second-order valence-electron chi connectivity index (χ2n) is 4.84. The lowest BCUT2D eigenvalue weighted by atomic mass is 9.77. The topological polar surface area (TPSA) is 59.3 Å². The Balaban J connectivity index is 2.08. The minimum Gasteiger partial charge on any atom is -0.481 e. The zero-order chi connectivity index (χ0) is 12.5. The predicted octanol–water partition coefficient (Wildman–Crippen LogP) is 0.742. The number of ether oxygens (including phenoxy) is 1. The van der Waals surface area contributed by atoms with Crippen molar-refractivity contribution in [3.05, 3.63) is 11.3 Å². The van der Waals surface area contributed by atoms with Gasteiger partial charge < -0.3 is 15.2 Å². The number of hydrogen-bond acceptors (Lipinski definition) is 4. The lowest BCUT2D eigenvalue weighted by Crippen LogP contribution is -2.53. The Morgan fingerprint density at radius 3 is 2.71 bits per heavy atom. The van der Waals surface area contributed by atoms with Crippen LogP contribution < -0.4 is 10.1 Å². The molecule has 1 saturated carbocycles. The Morgan fingerprint density at radius 2 is 2.24 bits per heavy atom. The summed E-state index contributed by atoms with van der Waals surface area (Å²) in [6, 6.07) is 0. The van der Waals surface area contributed by atoms with E-state index in [0.29, 0.717) is 6.54 Å². The van der Waals surface area contributed by atoms with Gasteiger partial charge in [-0.2, -0.15) is 5.10 Å². The van der Waals surface area contributed by atoms with E-state index in [1.54, 1.807) is 11.8 Å². The van der Waals surface area contributed by atoms with Gasteiger partial charge in [0, 0.05) is 19.1 Å². The fraction of sp³-hybridized carbons (Fsp3) is 0.750. The smallest absolute Gasteiger partial charge is 0.216 e. The molecule has 2 N–H and O–H groups in total. The molecule has 0 spiro atoms. The van der Waals surface area contributed by atoms with Crippen molar-refractivity contribution in [2.24, 2.45) is 7.05 Å². The molecular formula is C12H21N3O2. The van der Waals surface area contributed by atoms with Gasteiger partial charge in [-0.15, -0.1) is 0 Å². The minimum atomic E-state index is -0.0761. The SMILES string of the molecule is COc1c(CNC2(CO)CCC2)c(C)nn1C.